The van der Waals surface area contributed by atoms with Gasteiger partial charge in [0.25, 0.3) is 5.91 Å². The normalized spacial score (nSPS) is 13.2. The molecule has 7 nitrogen and oxygen atoms in total. The summed E-state index contributed by atoms with van der Waals surface area (Å²) in [6, 6.07) is 18.8. The van der Waals surface area contributed by atoms with Gasteiger partial charge in [0, 0.05) is 50.1 Å². The quantitative estimate of drug-likeness (QED) is 0.432. The Kier molecular flexibility index (Phi) is 7.42. The highest BCUT2D eigenvalue weighted by molar-refractivity contribution is 6.07. The lowest BCUT2D eigenvalue weighted by Crippen LogP contribution is -2.29. The Morgan fingerprint density at radius 3 is 2.58 bits per heavy atom. The van der Waals surface area contributed by atoms with E-state index in [9.17, 15) is 9.59 Å². The Morgan fingerprint density at radius 2 is 1.76 bits per heavy atom. The summed E-state index contributed by atoms with van der Waals surface area (Å²) in [7, 11) is 1.64. The number of nitrogens with zero attached hydrogens (tertiary/aromatic N) is 1. The number of hydrogen-bond acceptors (Lipinski definition) is 4. The maximum absolute atomic E-state index is 13.0. The fraction of sp³-hybridized carbons (Fsp3) is 0.308. The average molecular weight is 447 g/mol. The van der Waals surface area contributed by atoms with Crippen LogP contribution < -0.4 is 20.9 Å². The summed E-state index contributed by atoms with van der Waals surface area (Å²) in [4.78, 5) is 27.9. The van der Waals surface area contributed by atoms with Gasteiger partial charge >= 0.3 is 6.03 Å². The van der Waals surface area contributed by atoms with E-state index in [0.717, 1.165) is 54.5 Å². The maximum Gasteiger partial charge on any atom is 0.323 e. The third kappa shape index (κ3) is 5.62. The van der Waals surface area contributed by atoms with E-state index in [2.05, 4.69) is 20.9 Å². The van der Waals surface area contributed by atoms with Gasteiger partial charge in [0.1, 0.15) is 0 Å². The van der Waals surface area contributed by atoms with Gasteiger partial charge in [-0.1, -0.05) is 36.4 Å². The first kappa shape index (κ1) is 22.6. The summed E-state index contributed by atoms with van der Waals surface area (Å²) in [5.41, 5.74) is 2.77. The molecule has 1 heterocycles. The lowest BCUT2D eigenvalue weighted by Gasteiger charge is -2.22. The Hall–Kier alpha value is -3.58. The molecule has 0 aliphatic carbocycles. The van der Waals surface area contributed by atoms with Crippen molar-refractivity contribution in [1.29, 1.82) is 0 Å². The Bertz CT molecular complexity index is 1120. The molecule has 3 aromatic rings. The second kappa shape index (κ2) is 10.8. The van der Waals surface area contributed by atoms with Crippen LogP contribution in [0.25, 0.3) is 10.8 Å². The lowest BCUT2D eigenvalue weighted by molar-refractivity contribution is 0.0949. The van der Waals surface area contributed by atoms with Crippen molar-refractivity contribution in [3.05, 3.63) is 66.2 Å². The first-order valence-corrected chi connectivity index (χ1v) is 11.4. The van der Waals surface area contributed by atoms with Crippen LogP contribution in [0.15, 0.2) is 60.7 Å². The van der Waals surface area contributed by atoms with Gasteiger partial charge in [0.15, 0.2) is 0 Å². The fourth-order valence-electron chi connectivity index (χ4n) is 4.16. The van der Waals surface area contributed by atoms with Crippen molar-refractivity contribution in [2.45, 2.75) is 19.3 Å². The third-order valence-electron chi connectivity index (χ3n) is 5.79. The SMILES string of the molecule is COCCCNC(=O)c1cc(NC(=O)Nc2cccc3ccccc23)ccc1N1CCCC1. The van der Waals surface area contributed by atoms with Crippen LogP contribution in [-0.2, 0) is 4.74 Å². The van der Waals surface area contributed by atoms with E-state index in [1.807, 2.05) is 54.6 Å². The predicted molar refractivity (Wildman–Crippen MR) is 133 cm³/mol. The van der Waals surface area contributed by atoms with Crippen molar-refractivity contribution in [3.63, 3.8) is 0 Å². The van der Waals surface area contributed by atoms with Gasteiger partial charge in [-0.15, -0.1) is 0 Å². The number of rotatable bonds is 8. The van der Waals surface area contributed by atoms with Crippen LogP contribution in [-0.4, -0.2) is 45.3 Å². The molecule has 0 radical (unpaired) electrons. The number of carbonyl (C=O) groups excluding carboxylic acids is 2. The number of fused-ring (bicyclic) bond motifs is 1. The molecule has 0 unspecified atom stereocenters. The molecule has 0 bridgehead atoms. The van der Waals surface area contributed by atoms with Gasteiger partial charge in [0.05, 0.1) is 11.3 Å². The van der Waals surface area contributed by atoms with Gasteiger partial charge in [-0.05, 0) is 48.9 Å². The maximum atomic E-state index is 13.0. The molecule has 33 heavy (non-hydrogen) atoms. The van der Waals surface area contributed by atoms with Gasteiger partial charge in [-0.25, -0.2) is 4.79 Å². The van der Waals surface area contributed by atoms with Gasteiger partial charge in [-0.3, -0.25) is 4.79 Å². The highest BCUT2D eigenvalue weighted by atomic mass is 16.5. The lowest BCUT2D eigenvalue weighted by atomic mass is 10.1. The summed E-state index contributed by atoms with van der Waals surface area (Å²) < 4.78 is 5.06. The standard InChI is InChI=1S/C26H30N4O3/c1-33-17-7-14-27-25(31)22-18-20(12-13-24(22)30-15-4-5-16-30)28-26(32)29-23-11-6-9-19-8-2-3-10-21(19)23/h2-3,6,8-13,18H,4-5,7,14-17H2,1H3,(H,27,31)(H2,28,29,32). The molecule has 3 N–H and O–H groups in total. The van der Waals surface area contributed by atoms with Crippen molar-refractivity contribution < 1.29 is 14.3 Å². The van der Waals surface area contributed by atoms with Crippen molar-refractivity contribution in [2.75, 3.05) is 48.9 Å². The second-order valence-electron chi connectivity index (χ2n) is 8.13. The van der Waals surface area contributed by atoms with Crippen LogP contribution in [0.3, 0.4) is 0 Å². The smallest absolute Gasteiger partial charge is 0.323 e. The molecule has 1 aliphatic heterocycles. The average Bonchev–Trinajstić information content (AvgIpc) is 3.37. The van der Waals surface area contributed by atoms with E-state index in [-0.39, 0.29) is 11.9 Å². The van der Waals surface area contributed by atoms with E-state index < -0.39 is 0 Å². The first-order valence-electron chi connectivity index (χ1n) is 11.4. The Balaban J connectivity index is 1.50. The molecule has 1 fully saturated rings. The van der Waals surface area contributed by atoms with E-state index in [1.165, 1.54) is 0 Å². The van der Waals surface area contributed by atoms with Gasteiger partial charge < -0.3 is 25.6 Å². The molecular formula is C26H30N4O3. The molecule has 3 amide bonds. The molecule has 4 rings (SSSR count). The molecule has 3 aromatic carbocycles. The molecule has 172 valence electrons. The van der Waals surface area contributed by atoms with Crippen LogP contribution >= 0.6 is 0 Å². The van der Waals surface area contributed by atoms with Crippen LogP contribution in [0.2, 0.25) is 0 Å². The van der Waals surface area contributed by atoms with Crippen LogP contribution in [0.4, 0.5) is 21.9 Å². The topological polar surface area (TPSA) is 82.7 Å². The summed E-state index contributed by atoms with van der Waals surface area (Å²) in [6.07, 6.45) is 2.97. The molecule has 7 heteroatoms. The summed E-state index contributed by atoms with van der Waals surface area (Å²) >= 11 is 0. The number of amides is 3. The van der Waals surface area contributed by atoms with Gasteiger partial charge in [-0.2, -0.15) is 0 Å². The molecule has 0 atom stereocenters. The number of carbonyl (C=O) groups is 2. The molecule has 0 aromatic heterocycles. The number of ether oxygens (including phenoxy) is 1. The molecular weight excluding hydrogens is 416 g/mol. The van der Waals surface area contributed by atoms with Crippen molar-refractivity contribution in [3.8, 4) is 0 Å². The summed E-state index contributed by atoms with van der Waals surface area (Å²) in [5.74, 6) is -0.147. The first-order chi connectivity index (χ1) is 16.2. The fourth-order valence-corrected chi connectivity index (χ4v) is 4.16. The molecule has 0 spiro atoms. The van der Waals surface area contributed by atoms with E-state index in [4.69, 9.17) is 4.74 Å². The second-order valence-corrected chi connectivity index (χ2v) is 8.13. The number of methoxy groups -OCH3 is 1. The summed E-state index contributed by atoms with van der Waals surface area (Å²) in [6.45, 7) is 2.98. The highest BCUT2D eigenvalue weighted by Gasteiger charge is 2.20. The summed E-state index contributed by atoms with van der Waals surface area (Å²) in [5, 5.41) is 10.8. The number of benzene rings is 3. The van der Waals surface area contributed by atoms with Crippen molar-refractivity contribution in [1.82, 2.24) is 5.32 Å². The van der Waals surface area contributed by atoms with Crippen LogP contribution in [0.5, 0.6) is 0 Å². The van der Waals surface area contributed by atoms with E-state index in [0.29, 0.717) is 24.4 Å². The zero-order chi connectivity index (χ0) is 23.0. The minimum Gasteiger partial charge on any atom is -0.385 e. The van der Waals surface area contributed by atoms with Crippen LogP contribution in [0.1, 0.15) is 29.6 Å². The van der Waals surface area contributed by atoms with Crippen LogP contribution in [0, 0.1) is 0 Å². The van der Waals surface area contributed by atoms with Crippen molar-refractivity contribution >= 4 is 39.8 Å². The zero-order valence-corrected chi connectivity index (χ0v) is 18.9. The number of hydrogen-bond donors (Lipinski definition) is 3. The Morgan fingerprint density at radius 1 is 0.970 bits per heavy atom. The van der Waals surface area contributed by atoms with E-state index in [1.54, 1.807) is 13.2 Å². The Labute approximate surface area is 194 Å². The minimum atomic E-state index is -0.355. The number of nitrogens with one attached hydrogen (secondary N) is 3. The zero-order valence-electron chi connectivity index (χ0n) is 18.9. The molecule has 1 saturated heterocycles. The van der Waals surface area contributed by atoms with Gasteiger partial charge in [0.2, 0.25) is 0 Å². The largest absolute Gasteiger partial charge is 0.385 e. The minimum absolute atomic E-state index is 0.147. The molecule has 0 saturated carbocycles. The van der Waals surface area contributed by atoms with E-state index >= 15 is 0 Å². The predicted octanol–water partition coefficient (Wildman–Crippen LogP) is 4.85. The van der Waals surface area contributed by atoms with Crippen molar-refractivity contribution in [2.24, 2.45) is 0 Å². The third-order valence-corrected chi connectivity index (χ3v) is 5.79. The number of urea groups is 1. The number of anilines is 3. The monoisotopic (exact) mass is 446 g/mol. The highest BCUT2D eigenvalue weighted by Crippen LogP contribution is 2.28. The molecule has 1 aliphatic rings.